The molecular formula is C12H16BrNO3S. The predicted octanol–water partition coefficient (Wildman–Crippen LogP) is 3.67. The molecule has 1 amide bonds. The Morgan fingerprint density at radius 1 is 1.61 bits per heavy atom. The van der Waals surface area contributed by atoms with E-state index in [-0.39, 0.29) is 12.5 Å². The zero-order valence-electron chi connectivity index (χ0n) is 10.5. The van der Waals surface area contributed by atoms with E-state index < -0.39 is 11.7 Å². The molecule has 1 heterocycles. The number of nitrogens with one attached hydrogen (secondary N) is 1. The molecule has 18 heavy (non-hydrogen) atoms. The average Bonchev–Trinajstić information content (AvgIpc) is 2.61. The van der Waals surface area contributed by atoms with E-state index in [9.17, 15) is 9.59 Å². The molecule has 6 heteroatoms. The number of alkyl carbamates (subject to hydrolysis) is 1. The summed E-state index contributed by atoms with van der Waals surface area (Å²) in [5, 5.41) is 4.61. The van der Waals surface area contributed by atoms with E-state index in [1.807, 2.05) is 11.4 Å². The van der Waals surface area contributed by atoms with Gasteiger partial charge in [-0.3, -0.25) is 0 Å². The van der Waals surface area contributed by atoms with Gasteiger partial charge in [0, 0.05) is 21.2 Å². The molecule has 1 aromatic heterocycles. The van der Waals surface area contributed by atoms with Crippen LogP contribution in [0.4, 0.5) is 4.79 Å². The molecule has 0 saturated heterocycles. The van der Waals surface area contributed by atoms with Gasteiger partial charge < -0.3 is 14.8 Å². The maximum atomic E-state index is 11.7. The molecule has 1 aromatic rings. The lowest BCUT2D eigenvalue weighted by molar-refractivity contribution is -0.108. The first-order valence-corrected chi connectivity index (χ1v) is 7.16. The number of amides is 1. The van der Waals surface area contributed by atoms with Gasteiger partial charge in [-0.15, -0.1) is 11.3 Å². The summed E-state index contributed by atoms with van der Waals surface area (Å²) in [6.45, 7) is 5.38. The topological polar surface area (TPSA) is 55.4 Å². The fraction of sp³-hybridized carbons (Fsp3) is 0.500. The van der Waals surface area contributed by atoms with Gasteiger partial charge in [-0.2, -0.15) is 0 Å². The van der Waals surface area contributed by atoms with Gasteiger partial charge in [0.2, 0.25) is 0 Å². The summed E-state index contributed by atoms with van der Waals surface area (Å²) in [4.78, 5) is 23.2. The van der Waals surface area contributed by atoms with Gasteiger partial charge in [0.25, 0.3) is 0 Å². The summed E-state index contributed by atoms with van der Waals surface area (Å²) in [5.41, 5.74) is -0.550. The zero-order valence-corrected chi connectivity index (χ0v) is 12.9. The van der Waals surface area contributed by atoms with Gasteiger partial charge in [0.15, 0.2) is 0 Å². The van der Waals surface area contributed by atoms with Crippen molar-refractivity contribution in [3.05, 3.63) is 20.8 Å². The van der Waals surface area contributed by atoms with Crippen LogP contribution < -0.4 is 5.32 Å². The molecule has 0 aliphatic rings. The van der Waals surface area contributed by atoms with Crippen molar-refractivity contribution in [2.45, 2.75) is 38.8 Å². The minimum atomic E-state index is -0.550. The van der Waals surface area contributed by atoms with Crippen LogP contribution in [0, 0.1) is 0 Å². The first-order chi connectivity index (χ1) is 8.31. The van der Waals surface area contributed by atoms with Crippen LogP contribution in [0.15, 0.2) is 15.9 Å². The lowest BCUT2D eigenvalue weighted by Crippen LogP contribution is -2.34. The molecule has 0 unspecified atom stereocenters. The van der Waals surface area contributed by atoms with E-state index in [0.717, 1.165) is 15.6 Å². The average molecular weight is 334 g/mol. The van der Waals surface area contributed by atoms with Crippen molar-refractivity contribution in [2.24, 2.45) is 0 Å². The third kappa shape index (κ3) is 5.18. The number of hydrogen-bond acceptors (Lipinski definition) is 4. The number of carbonyl (C=O) groups is 2. The summed E-state index contributed by atoms with van der Waals surface area (Å²) in [6, 6.07) is 1.55. The summed E-state index contributed by atoms with van der Waals surface area (Å²) in [6.07, 6.45) is 0.501. The van der Waals surface area contributed by atoms with Crippen LogP contribution in [0.3, 0.4) is 0 Å². The second-order valence-electron chi connectivity index (χ2n) is 4.77. The van der Waals surface area contributed by atoms with Gasteiger partial charge in [-0.05, 0) is 42.8 Å². The van der Waals surface area contributed by atoms with Crippen LogP contribution >= 0.6 is 27.3 Å². The van der Waals surface area contributed by atoms with E-state index in [1.165, 1.54) is 11.3 Å². The van der Waals surface area contributed by atoms with E-state index in [2.05, 4.69) is 21.2 Å². The van der Waals surface area contributed by atoms with Gasteiger partial charge in [0.05, 0.1) is 6.04 Å². The second kappa shape index (κ2) is 6.33. The van der Waals surface area contributed by atoms with E-state index in [4.69, 9.17) is 4.74 Å². The predicted molar refractivity (Wildman–Crippen MR) is 74.8 cm³/mol. The van der Waals surface area contributed by atoms with Crippen molar-refractivity contribution in [3.63, 3.8) is 0 Å². The molecule has 0 fully saturated rings. The summed E-state index contributed by atoms with van der Waals surface area (Å²) < 4.78 is 6.10. The molecule has 0 aliphatic carbocycles. The molecule has 0 aromatic carbocycles. The summed E-state index contributed by atoms with van der Waals surface area (Å²) >= 11 is 4.83. The molecule has 4 nitrogen and oxygen atoms in total. The van der Waals surface area contributed by atoms with Crippen LogP contribution in [-0.4, -0.2) is 18.0 Å². The van der Waals surface area contributed by atoms with Gasteiger partial charge in [-0.25, -0.2) is 4.79 Å². The molecule has 1 N–H and O–H groups in total. The number of aldehydes is 1. The van der Waals surface area contributed by atoms with Crippen LogP contribution in [0.5, 0.6) is 0 Å². The minimum Gasteiger partial charge on any atom is -0.444 e. The van der Waals surface area contributed by atoms with Gasteiger partial charge in [-0.1, -0.05) is 0 Å². The number of rotatable bonds is 4. The fourth-order valence-corrected chi connectivity index (χ4v) is 2.81. The highest BCUT2D eigenvalue weighted by Crippen LogP contribution is 2.27. The molecule has 0 aliphatic heterocycles. The Morgan fingerprint density at radius 3 is 2.72 bits per heavy atom. The Balaban J connectivity index is 2.69. The normalized spacial score (nSPS) is 12.9. The fourth-order valence-electron chi connectivity index (χ4n) is 1.30. The molecule has 0 saturated carbocycles. The molecule has 1 rings (SSSR count). The number of halogens is 1. The smallest absolute Gasteiger partial charge is 0.408 e. The standard InChI is InChI=1S/C12H16BrNO3S/c1-12(2,3)17-11(16)14-9(4-5-15)10-6-8(13)7-18-10/h5-7,9H,4H2,1-3H3,(H,14,16)/t9-/m1/s1. The first kappa shape index (κ1) is 15.2. The van der Waals surface area contributed by atoms with E-state index >= 15 is 0 Å². The Kier molecular flexibility index (Phi) is 5.34. The van der Waals surface area contributed by atoms with Crippen molar-refractivity contribution in [1.82, 2.24) is 5.32 Å². The minimum absolute atomic E-state index is 0.228. The second-order valence-corrected chi connectivity index (χ2v) is 6.63. The molecule has 100 valence electrons. The number of ether oxygens (including phenoxy) is 1. The molecule has 0 radical (unpaired) electrons. The van der Waals surface area contributed by atoms with Crippen LogP contribution in [0.1, 0.15) is 38.1 Å². The van der Waals surface area contributed by atoms with Gasteiger partial charge in [0.1, 0.15) is 11.9 Å². The lowest BCUT2D eigenvalue weighted by Gasteiger charge is -2.22. The highest BCUT2D eigenvalue weighted by atomic mass is 79.9. The number of hydrogen-bond donors (Lipinski definition) is 1. The van der Waals surface area contributed by atoms with E-state index in [1.54, 1.807) is 20.8 Å². The van der Waals surface area contributed by atoms with Crippen molar-refractivity contribution < 1.29 is 14.3 Å². The Morgan fingerprint density at radius 2 is 2.28 bits per heavy atom. The third-order valence-corrected chi connectivity index (χ3v) is 3.76. The number of thiophene rings is 1. The molecular weight excluding hydrogens is 318 g/mol. The maximum absolute atomic E-state index is 11.7. The van der Waals surface area contributed by atoms with Crippen molar-refractivity contribution >= 4 is 39.6 Å². The van der Waals surface area contributed by atoms with Crippen molar-refractivity contribution in [1.29, 1.82) is 0 Å². The molecule has 0 bridgehead atoms. The Labute approximate surface area is 119 Å². The summed E-state index contributed by atoms with van der Waals surface area (Å²) in [7, 11) is 0. The van der Waals surface area contributed by atoms with Crippen LogP contribution in [-0.2, 0) is 9.53 Å². The third-order valence-electron chi connectivity index (χ3n) is 1.95. The Hall–Kier alpha value is -0.880. The van der Waals surface area contributed by atoms with Crippen molar-refractivity contribution in [2.75, 3.05) is 0 Å². The quantitative estimate of drug-likeness (QED) is 0.855. The summed E-state index contributed by atoms with van der Waals surface area (Å²) in [5.74, 6) is 0. The lowest BCUT2D eigenvalue weighted by atomic mass is 10.2. The first-order valence-electron chi connectivity index (χ1n) is 5.49. The highest BCUT2D eigenvalue weighted by molar-refractivity contribution is 9.10. The Bertz CT molecular complexity index is 425. The van der Waals surface area contributed by atoms with Crippen LogP contribution in [0.25, 0.3) is 0 Å². The highest BCUT2D eigenvalue weighted by Gasteiger charge is 2.21. The van der Waals surface area contributed by atoms with Gasteiger partial charge >= 0.3 is 6.09 Å². The SMILES string of the molecule is CC(C)(C)OC(=O)N[C@H](CC=O)c1cc(Br)cs1. The largest absolute Gasteiger partial charge is 0.444 e. The molecule has 0 spiro atoms. The van der Waals surface area contributed by atoms with E-state index in [0.29, 0.717) is 0 Å². The number of carbonyl (C=O) groups excluding carboxylic acids is 2. The molecule has 1 atom stereocenters. The maximum Gasteiger partial charge on any atom is 0.408 e. The zero-order chi connectivity index (χ0) is 13.8. The van der Waals surface area contributed by atoms with Crippen molar-refractivity contribution in [3.8, 4) is 0 Å². The monoisotopic (exact) mass is 333 g/mol. The van der Waals surface area contributed by atoms with Crippen LogP contribution in [0.2, 0.25) is 0 Å².